The smallest absolute Gasteiger partial charge is 0.337 e. The van der Waals surface area contributed by atoms with E-state index in [9.17, 15) is 9.59 Å². The van der Waals surface area contributed by atoms with Crippen molar-refractivity contribution >= 4 is 17.6 Å². The molecule has 0 saturated heterocycles. The fraction of sp³-hybridized carbons (Fsp3) is 0.154. The lowest BCUT2D eigenvalue weighted by atomic mass is 10.1. The summed E-state index contributed by atoms with van der Waals surface area (Å²) in [7, 11) is 1.43. The van der Waals surface area contributed by atoms with E-state index < -0.39 is 11.9 Å². The normalized spacial score (nSPS) is 10.1. The number of nitrogens with zero attached hydrogens (tertiary/aromatic N) is 1. The van der Waals surface area contributed by atoms with Crippen molar-refractivity contribution in [3.8, 4) is 5.75 Å². The van der Waals surface area contributed by atoms with Crippen LogP contribution in [0.3, 0.4) is 0 Å². The monoisotopic (exact) mass is 276 g/mol. The van der Waals surface area contributed by atoms with E-state index >= 15 is 0 Å². The van der Waals surface area contributed by atoms with Crippen molar-refractivity contribution in [2.24, 2.45) is 0 Å². The maximum absolute atomic E-state index is 12.0. The molecule has 1 aromatic heterocycles. The number of hydrogen-bond donors (Lipinski definition) is 2. The summed E-state index contributed by atoms with van der Waals surface area (Å²) >= 11 is 0. The number of methoxy groups -OCH3 is 1. The minimum Gasteiger partial charge on any atom is -0.497 e. The number of aromatic carboxylic acids is 1. The fourth-order valence-corrected chi connectivity index (χ4v) is 1.64. The highest BCUT2D eigenvalue weighted by molar-refractivity contribution is 6.08. The molecule has 7 heteroatoms. The predicted octanol–water partition coefficient (Wildman–Crippen LogP) is 1.94. The molecule has 0 spiro atoms. The average molecular weight is 276 g/mol. The van der Waals surface area contributed by atoms with Gasteiger partial charge in [0.05, 0.1) is 24.6 Å². The number of amides is 1. The number of aromatic nitrogens is 1. The van der Waals surface area contributed by atoms with Crippen LogP contribution in [0.2, 0.25) is 0 Å². The molecule has 7 nitrogen and oxygen atoms in total. The molecule has 0 atom stereocenters. The topological polar surface area (TPSA) is 102 Å². The van der Waals surface area contributed by atoms with Gasteiger partial charge in [-0.15, -0.1) is 0 Å². The van der Waals surface area contributed by atoms with Crippen LogP contribution in [0.1, 0.15) is 26.5 Å². The fourth-order valence-electron chi connectivity index (χ4n) is 1.64. The summed E-state index contributed by atoms with van der Waals surface area (Å²) in [6.07, 6.45) is 1.27. The van der Waals surface area contributed by atoms with Gasteiger partial charge in [0, 0.05) is 0 Å². The highest BCUT2D eigenvalue weighted by atomic mass is 16.5. The molecule has 0 fully saturated rings. The van der Waals surface area contributed by atoms with Crippen LogP contribution in [-0.4, -0.2) is 29.2 Å². The maximum Gasteiger partial charge on any atom is 0.337 e. The third kappa shape index (κ3) is 2.61. The van der Waals surface area contributed by atoms with Crippen LogP contribution in [0.5, 0.6) is 5.75 Å². The number of carboxylic acid groups (broad SMARTS) is 1. The van der Waals surface area contributed by atoms with Gasteiger partial charge in [-0.2, -0.15) is 0 Å². The van der Waals surface area contributed by atoms with Gasteiger partial charge < -0.3 is 19.7 Å². The lowest BCUT2D eigenvalue weighted by Crippen LogP contribution is -2.15. The molecule has 2 rings (SSSR count). The Kier molecular flexibility index (Phi) is 3.69. The number of carbonyl (C=O) groups is 2. The molecule has 1 heterocycles. The minimum absolute atomic E-state index is 0.0631. The Bertz CT molecular complexity index is 663. The quantitative estimate of drug-likeness (QED) is 0.884. The number of carboxylic acids is 1. The van der Waals surface area contributed by atoms with Gasteiger partial charge in [-0.3, -0.25) is 4.79 Å². The van der Waals surface area contributed by atoms with Crippen LogP contribution in [0, 0.1) is 6.92 Å². The number of anilines is 1. The van der Waals surface area contributed by atoms with Crippen molar-refractivity contribution in [3.05, 3.63) is 41.3 Å². The summed E-state index contributed by atoms with van der Waals surface area (Å²) in [4.78, 5) is 23.2. The number of ether oxygens (including phenoxy) is 1. The van der Waals surface area contributed by atoms with E-state index in [1.165, 1.54) is 25.4 Å². The average Bonchev–Trinajstić information content (AvgIpc) is 2.85. The predicted molar refractivity (Wildman–Crippen MR) is 69.1 cm³/mol. The molecular weight excluding hydrogens is 264 g/mol. The Morgan fingerprint density at radius 3 is 2.65 bits per heavy atom. The second-order valence-electron chi connectivity index (χ2n) is 3.97. The van der Waals surface area contributed by atoms with Crippen molar-refractivity contribution < 1.29 is 24.0 Å². The van der Waals surface area contributed by atoms with Crippen molar-refractivity contribution in [1.82, 2.24) is 5.16 Å². The van der Waals surface area contributed by atoms with E-state index in [0.29, 0.717) is 11.5 Å². The van der Waals surface area contributed by atoms with Crippen LogP contribution in [0.25, 0.3) is 0 Å². The van der Waals surface area contributed by atoms with E-state index in [1.807, 2.05) is 0 Å². The number of rotatable bonds is 4. The molecule has 0 saturated carbocycles. The summed E-state index contributed by atoms with van der Waals surface area (Å²) in [5, 5.41) is 15.2. The number of hydrogen-bond acceptors (Lipinski definition) is 5. The summed E-state index contributed by atoms with van der Waals surface area (Å²) in [6.45, 7) is 1.59. The largest absolute Gasteiger partial charge is 0.497 e. The van der Waals surface area contributed by atoms with Crippen molar-refractivity contribution in [3.63, 3.8) is 0 Å². The van der Waals surface area contributed by atoms with Gasteiger partial charge in [-0.05, 0) is 25.1 Å². The van der Waals surface area contributed by atoms with Crippen molar-refractivity contribution in [1.29, 1.82) is 0 Å². The Balaban J connectivity index is 2.32. The van der Waals surface area contributed by atoms with Gasteiger partial charge in [0.25, 0.3) is 5.91 Å². The van der Waals surface area contributed by atoms with Gasteiger partial charge in [0.2, 0.25) is 0 Å². The van der Waals surface area contributed by atoms with E-state index in [0.717, 1.165) is 0 Å². The second kappa shape index (κ2) is 5.43. The van der Waals surface area contributed by atoms with Gasteiger partial charge in [0.15, 0.2) is 0 Å². The summed E-state index contributed by atoms with van der Waals surface area (Å²) in [5.74, 6) is -0.910. The standard InChI is InChI=1S/C13H12N2O5/c1-7-10(6-14-20-7)12(16)15-11-4-3-8(19-2)5-9(11)13(17)18/h3-6H,1-2H3,(H,15,16)(H,17,18). The minimum atomic E-state index is -1.17. The Labute approximate surface area is 114 Å². The molecule has 0 aliphatic rings. The first-order chi connectivity index (χ1) is 9.52. The zero-order valence-corrected chi connectivity index (χ0v) is 10.8. The maximum atomic E-state index is 12.0. The molecule has 0 aliphatic carbocycles. The van der Waals surface area contributed by atoms with E-state index in [1.54, 1.807) is 13.0 Å². The molecule has 104 valence electrons. The van der Waals surface area contributed by atoms with Gasteiger partial charge >= 0.3 is 5.97 Å². The van der Waals surface area contributed by atoms with Crippen LogP contribution in [-0.2, 0) is 0 Å². The first-order valence-electron chi connectivity index (χ1n) is 5.67. The molecule has 0 radical (unpaired) electrons. The lowest BCUT2D eigenvalue weighted by Gasteiger charge is -2.09. The molecule has 1 amide bonds. The van der Waals surface area contributed by atoms with Gasteiger partial charge in [-0.1, -0.05) is 5.16 Å². The number of benzene rings is 1. The Morgan fingerprint density at radius 1 is 1.35 bits per heavy atom. The lowest BCUT2D eigenvalue weighted by molar-refractivity contribution is 0.0697. The van der Waals surface area contributed by atoms with Crippen molar-refractivity contribution in [2.45, 2.75) is 6.92 Å². The molecule has 0 unspecified atom stereocenters. The van der Waals surface area contributed by atoms with Gasteiger partial charge in [0.1, 0.15) is 17.1 Å². The highest BCUT2D eigenvalue weighted by Crippen LogP contribution is 2.23. The van der Waals surface area contributed by atoms with Crippen LogP contribution < -0.4 is 10.1 Å². The highest BCUT2D eigenvalue weighted by Gasteiger charge is 2.17. The van der Waals surface area contributed by atoms with Gasteiger partial charge in [-0.25, -0.2) is 4.79 Å². The third-order valence-electron chi connectivity index (χ3n) is 2.70. The number of aryl methyl sites for hydroxylation is 1. The zero-order chi connectivity index (χ0) is 14.7. The molecule has 1 aromatic carbocycles. The SMILES string of the molecule is COc1ccc(NC(=O)c2cnoc2C)c(C(=O)O)c1. The Hall–Kier alpha value is -2.83. The molecular formula is C13H12N2O5. The first kappa shape index (κ1) is 13.6. The summed E-state index contributed by atoms with van der Waals surface area (Å²) < 4.78 is 9.75. The number of carbonyl (C=O) groups excluding carboxylic acids is 1. The Morgan fingerprint density at radius 2 is 2.10 bits per heavy atom. The molecule has 2 N–H and O–H groups in total. The number of nitrogens with one attached hydrogen (secondary N) is 1. The zero-order valence-electron chi connectivity index (χ0n) is 10.8. The summed E-state index contributed by atoms with van der Waals surface area (Å²) in [6, 6.07) is 4.35. The first-order valence-corrected chi connectivity index (χ1v) is 5.67. The van der Waals surface area contributed by atoms with E-state index in [4.69, 9.17) is 14.4 Å². The van der Waals surface area contributed by atoms with Crippen LogP contribution in [0.15, 0.2) is 28.9 Å². The van der Waals surface area contributed by atoms with E-state index in [2.05, 4.69) is 10.5 Å². The molecule has 20 heavy (non-hydrogen) atoms. The summed E-state index contributed by atoms with van der Waals surface area (Å²) in [5.41, 5.74) is 0.355. The second-order valence-corrected chi connectivity index (χ2v) is 3.97. The van der Waals surface area contributed by atoms with E-state index in [-0.39, 0.29) is 16.8 Å². The molecule has 2 aromatic rings. The third-order valence-corrected chi connectivity index (χ3v) is 2.70. The molecule has 0 aliphatic heterocycles. The molecule has 0 bridgehead atoms. The van der Waals surface area contributed by atoms with Crippen LogP contribution in [0.4, 0.5) is 5.69 Å². The van der Waals surface area contributed by atoms with Crippen molar-refractivity contribution in [2.75, 3.05) is 12.4 Å². The van der Waals surface area contributed by atoms with Crippen LogP contribution >= 0.6 is 0 Å².